The molecular formula is C15H23N5O3S. The molecule has 1 aromatic heterocycles. The lowest BCUT2D eigenvalue weighted by Gasteiger charge is -2.15. The number of carbonyl (C=O) groups is 3. The van der Waals surface area contributed by atoms with Crippen LogP contribution in [0.25, 0.3) is 0 Å². The number of imide groups is 1. The number of nitrogens with one attached hydrogen (secondary N) is 2. The summed E-state index contributed by atoms with van der Waals surface area (Å²) in [5.74, 6) is -0.461. The van der Waals surface area contributed by atoms with E-state index in [4.69, 9.17) is 0 Å². The van der Waals surface area contributed by atoms with Crippen molar-refractivity contribution in [2.24, 2.45) is 0 Å². The van der Waals surface area contributed by atoms with Gasteiger partial charge in [-0.1, -0.05) is 24.7 Å². The molecule has 132 valence electrons. The lowest BCUT2D eigenvalue weighted by atomic mass is 10.1. The van der Waals surface area contributed by atoms with Crippen LogP contribution in [0, 0.1) is 0 Å². The summed E-state index contributed by atoms with van der Waals surface area (Å²) in [5.41, 5.74) is -0.874. The van der Waals surface area contributed by atoms with Crippen LogP contribution in [-0.2, 0) is 16.0 Å². The average Bonchev–Trinajstić information content (AvgIpc) is 3.02. The molecule has 8 nitrogen and oxygen atoms in total. The van der Waals surface area contributed by atoms with Crippen LogP contribution in [-0.4, -0.2) is 45.0 Å². The van der Waals surface area contributed by atoms with E-state index in [-0.39, 0.29) is 24.8 Å². The van der Waals surface area contributed by atoms with Crippen LogP contribution in [0.3, 0.4) is 0 Å². The van der Waals surface area contributed by atoms with Gasteiger partial charge in [0.2, 0.25) is 11.0 Å². The highest BCUT2D eigenvalue weighted by molar-refractivity contribution is 7.15. The van der Waals surface area contributed by atoms with Crippen molar-refractivity contribution in [2.75, 3.05) is 11.9 Å². The van der Waals surface area contributed by atoms with Gasteiger partial charge in [-0.15, -0.1) is 10.2 Å². The van der Waals surface area contributed by atoms with Crippen molar-refractivity contribution < 1.29 is 14.4 Å². The molecule has 0 unspecified atom stereocenters. The summed E-state index contributed by atoms with van der Waals surface area (Å²) < 4.78 is 0. The maximum atomic E-state index is 12.0. The quantitative estimate of drug-likeness (QED) is 0.695. The van der Waals surface area contributed by atoms with E-state index in [0.29, 0.717) is 11.6 Å². The van der Waals surface area contributed by atoms with Gasteiger partial charge in [-0.3, -0.25) is 14.5 Å². The Kier molecular flexibility index (Phi) is 5.87. The molecule has 1 aliphatic heterocycles. The van der Waals surface area contributed by atoms with Gasteiger partial charge >= 0.3 is 6.03 Å². The highest BCUT2D eigenvalue weighted by Crippen LogP contribution is 2.19. The summed E-state index contributed by atoms with van der Waals surface area (Å²) in [6.07, 6.45) is 3.61. The zero-order valence-corrected chi connectivity index (χ0v) is 15.0. The second-order valence-corrected chi connectivity index (χ2v) is 7.33. The van der Waals surface area contributed by atoms with Gasteiger partial charge in [-0.05, 0) is 26.7 Å². The summed E-state index contributed by atoms with van der Waals surface area (Å²) in [7, 11) is 0. The normalized spacial score (nSPS) is 16.4. The minimum atomic E-state index is -0.874. The van der Waals surface area contributed by atoms with E-state index >= 15 is 0 Å². The van der Waals surface area contributed by atoms with E-state index < -0.39 is 11.6 Å². The Morgan fingerprint density at radius 1 is 1.29 bits per heavy atom. The van der Waals surface area contributed by atoms with E-state index in [0.717, 1.165) is 29.2 Å². The average molecular weight is 353 g/mol. The molecular weight excluding hydrogens is 330 g/mol. The second kappa shape index (κ2) is 7.69. The molecule has 1 aromatic rings. The fraction of sp³-hybridized carbons (Fsp3) is 0.667. The highest BCUT2D eigenvalue weighted by Gasteiger charge is 2.43. The van der Waals surface area contributed by atoms with Gasteiger partial charge in [0.05, 0.1) is 0 Å². The first kappa shape index (κ1) is 18.3. The van der Waals surface area contributed by atoms with Gasteiger partial charge in [0, 0.05) is 19.4 Å². The van der Waals surface area contributed by atoms with Gasteiger partial charge in [-0.2, -0.15) is 0 Å². The topological polar surface area (TPSA) is 104 Å². The van der Waals surface area contributed by atoms with Crippen LogP contribution >= 0.6 is 11.3 Å². The summed E-state index contributed by atoms with van der Waals surface area (Å²) >= 11 is 1.38. The van der Waals surface area contributed by atoms with E-state index in [2.05, 4.69) is 27.8 Å². The lowest BCUT2D eigenvalue weighted by Crippen LogP contribution is -2.40. The van der Waals surface area contributed by atoms with Crippen molar-refractivity contribution in [1.82, 2.24) is 20.4 Å². The maximum absolute atomic E-state index is 12.0. The van der Waals surface area contributed by atoms with Crippen molar-refractivity contribution in [3.8, 4) is 0 Å². The maximum Gasteiger partial charge on any atom is 0.325 e. The molecule has 2 heterocycles. The molecule has 1 fully saturated rings. The molecule has 4 amide bonds. The van der Waals surface area contributed by atoms with Crippen LogP contribution in [0.15, 0.2) is 0 Å². The number of nitrogens with zero attached hydrogens (tertiary/aromatic N) is 3. The SMILES string of the molecule is CCCCc1nnc(NC(=O)CCCN2C(=O)NC(C)(C)C2=O)s1. The number of carbonyl (C=O) groups excluding carboxylic acids is 3. The Bertz CT molecular complexity index is 628. The van der Waals surface area contributed by atoms with Crippen LogP contribution in [0.4, 0.5) is 9.93 Å². The zero-order chi connectivity index (χ0) is 17.7. The van der Waals surface area contributed by atoms with Gasteiger partial charge in [0.25, 0.3) is 5.91 Å². The number of rotatable bonds is 8. The fourth-order valence-corrected chi connectivity index (χ4v) is 3.13. The number of hydrogen-bond donors (Lipinski definition) is 2. The third-order valence-corrected chi connectivity index (χ3v) is 4.59. The molecule has 0 spiro atoms. The lowest BCUT2D eigenvalue weighted by molar-refractivity contribution is -0.130. The van der Waals surface area contributed by atoms with E-state index in [1.807, 2.05) is 0 Å². The molecule has 1 saturated heterocycles. The Hall–Kier alpha value is -2.03. The van der Waals surface area contributed by atoms with Crippen LogP contribution < -0.4 is 10.6 Å². The van der Waals surface area contributed by atoms with E-state index in [9.17, 15) is 14.4 Å². The number of hydrogen-bond acceptors (Lipinski definition) is 6. The molecule has 0 saturated carbocycles. The van der Waals surface area contributed by atoms with Gasteiger partial charge in [0.1, 0.15) is 10.5 Å². The van der Waals surface area contributed by atoms with E-state index in [1.54, 1.807) is 13.8 Å². The number of anilines is 1. The molecule has 0 radical (unpaired) electrons. The first-order valence-corrected chi connectivity index (χ1v) is 8.91. The minimum absolute atomic E-state index is 0.195. The number of urea groups is 1. The van der Waals surface area contributed by atoms with Gasteiger partial charge in [-0.25, -0.2) is 4.79 Å². The molecule has 2 rings (SSSR count). The molecule has 0 bridgehead atoms. The third-order valence-electron chi connectivity index (χ3n) is 3.69. The minimum Gasteiger partial charge on any atom is -0.324 e. The molecule has 2 N–H and O–H groups in total. The Morgan fingerprint density at radius 3 is 2.67 bits per heavy atom. The largest absolute Gasteiger partial charge is 0.325 e. The Labute approximate surface area is 145 Å². The first-order valence-electron chi connectivity index (χ1n) is 8.10. The van der Waals surface area contributed by atoms with Crippen LogP contribution in [0.1, 0.15) is 51.5 Å². The first-order chi connectivity index (χ1) is 11.3. The number of aromatic nitrogens is 2. The summed E-state index contributed by atoms with van der Waals surface area (Å²) in [5, 5.41) is 14.7. The molecule has 1 aliphatic rings. The van der Waals surface area contributed by atoms with Crippen LogP contribution in [0.2, 0.25) is 0 Å². The van der Waals surface area contributed by atoms with Crippen molar-refractivity contribution >= 4 is 34.3 Å². The monoisotopic (exact) mass is 353 g/mol. The molecule has 0 atom stereocenters. The number of aryl methyl sites for hydroxylation is 1. The van der Waals surface area contributed by atoms with Crippen molar-refractivity contribution in [3.05, 3.63) is 5.01 Å². The molecule has 0 aliphatic carbocycles. The Morgan fingerprint density at radius 2 is 2.04 bits per heavy atom. The fourth-order valence-electron chi connectivity index (χ4n) is 2.33. The zero-order valence-electron chi connectivity index (χ0n) is 14.2. The smallest absolute Gasteiger partial charge is 0.324 e. The Balaban J connectivity index is 1.75. The predicted octanol–water partition coefficient (Wildman–Crippen LogP) is 1.93. The van der Waals surface area contributed by atoms with Crippen LogP contribution in [0.5, 0.6) is 0 Å². The molecule has 9 heteroatoms. The number of amides is 4. The van der Waals surface area contributed by atoms with Gasteiger partial charge < -0.3 is 10.6 Å². The van der Waals surface area contributed by atoms with Crippen molar-refractivity contribution in [1.29, 1.82) is 0 Å². The highest BCUT2D eigenvalue weighted by atomic mass is 32.1. The summed E-state index contributed by atoms with van der Waals surface area (Å²) in [6, 6.07) is -0.407. The molecule has 24 heavy (non-hydrogen) atoms. The van der Waals surface area contributed by atoms with Crippen molar-refractivity contribution in [2.45, 2.75) is 58.4 Å². The standard InChI is InChI=1S/C15H23N5O3S/c1-4-5-8-11-18-19-13(24-11)16-10(21)7-6-9-20-12(22)15(2,3)17-14(20)23/h4-9H2,1-3H3,(H,17,23)(H,16,19,21). The molecule has 0 aromatic carbocycles. The van der Waals surface area contributed by atoms with E-state index in [1.165, 1.54) is 11.3 Å². The third kappa shape index (κ3) is 4.50. The van der Waals surface area contributed by atoms with Crippen molar-refractivity contribution in [3.63, 3.8) is 0 Å². The predicted molar refractivity (Wildman–Crippen MR) is 90.7 cm³/mol. The second-order valence-electron chi connectivity index (χ2n) is 6.27. The van der Waals surface area contributed by atoms with Gasteiger partial charge in [0.15, 0.2) is 0 Å². The summed E-state index contributed by atoms with van der Waals surface area (Å²) in [4.78, 5) is 36.8. The summed E-state index contributed by atoms with van der Waals surface area (Å²) in [6.45, 7) is 5.65. The number of unbranched alkanes of at least 4 members (excludes halogenated alkanes) is 1.